The van der Waals surface area contributed by atoms with E-state index in [1.54, 1.807) is 0 Å². The van der Waals surface area contributed by atoms with E-state index in [4.69, 9.17) is 5.73 Å². The summed E-state index contributed by atoms with van der Waals surface area (Å²) < 4.78 is 27.6. The molecule has 0 unspecified atom stereocenters. The minimum atomic E-state index is -3.27. The highest BCUT2D eigenvalue weighted by Gasteiger charge is 2.26. The van der Waals surface area contributed by atoms with Crippen molar-refractivity contribution in [2.45, 2.75) is 32.7 Å². The number of piperidine rings is 1. The third-order valence-corrected chi connectivity index (χ3v) is 4.09. The number of rotatable bonds is 4. The third kappa shape index (κ3) is 4.06. The molecule has 6 heteroatoms. The van der Waals surface area contributed by atoms with Gasteiger partial charge in [0.1, 0.15) is 0 Å². The average molecular weight is 235 g/mol. The molecule has 1 saturated heterocycles. The molecule has 3 N–H and O–H groups in total. The van der Waals surface area contributed by atoms with Crippen molar-refractivity contribution in [1.82, 2.24) is 9.03 Å². The summed E-state index contributed by atoms with van der Waals surface area (Å²) >= 11 is 0. The number of nitrogens with one attached hydrogen (secondary N) is 1. The highest BCUT2D eigenvalue weighted by molar-refractivity contribution is 7.87. The first-order chi connectivity index (χ1) is 6.92. The van der Waals surface area contributed by atoms with E-state index in [1.807, 2.05) is 13.8 Å². The number of nitrogens with two attached hydrogens (primary N) is 1. The molecule has 90 valence electrons. The van der Waals surface area contributed by atoms with Crippen LogP contribution in [-0.2, 0) is 10.2 Å². The van der Waals surface area contributed by atoms with E-state index in [-0.39, 0.29) is 6.04 Å². The van der Waals surface area contributed by atoms with Gasteiger partial charge in [-0.1, -0.05) is 13.8 Å². The minimum absolute atomic E-state index is 0.154. The van der Waals surface area contributed by atoms with Crippen LogP contribution in [-0.4, -0.2) is 38.4 Å². The first kappa shape index (κ1) is 12.9. The first-order valence-corrected chi connectivity index (χ1v) is 6.86. The van der Waals surface area contributed by atoms with Crippen LogP contribution >= 0.6 is 0 Å². The summed E-state index contributed by atoms with van der Waals surface area (Å²) in [5.41, 5.74) is 5.72. The predicted molar refractivity (Wildman–Crippen MR) is 60.5 cm³/mol. The van der Waals surface area contributed by atoms with Gasteiger partial charge in [-0.15, -0.1) is 0 Å². The van der Waals surface area contributed by atoms with E-state index >= 15 is 0 Å². The summed E-state index contributed by atoms with van der Waals surface area (Å²) in [6.45, 7) is 5.53. The maximum absolute atomic E-state index is 11.8. The molecule has 0 radical (unpaired) electrons. The Morgan fingerprint density at radius 2 is 1.93 bits per heavy atom. The second-order valence-corrected chi connectivity index (χ2v) is 6.24. The Bertz CT molecular complexity index is 282. The molecule has 0 aromatic rings. The molecule has 1 aliphatic heterocycles. The van der Waals surface area contributed by atoms with Gasteiger partial charge in [-0.25, -0.2) is 4.72 Å². The molecule has 1 rings (SSSR count). The molecule has 1 aliphatic rings. The highest BCUT2D eigenvalue weighted by Crippen LogP contribution is 2.11. The van der Waals surface area contributed by atoms with Crippen LogP contribution in [0.3, 0.4) is 0 Å². The van der Waals surface area contributed by atoms with Gasteiger partial charge in [0.2, 0.25) is 0 Å². The van der Waals surface area contributed by atoms with Gasteiger partial charge in [-0.3, -0.25) is 0 Å². The van der Waals surface area contributed by atoms with Crippen LogP contribution in [0.5, 0.6) is 0 Å². The second kappa shape index (κ2) is 5.25. The Kier molecular flexibility index (Phi) is 4.51. The van der Waals surface area contributed by atoms with Gasteiger partial charge in [0, 0.05) is 25.7 Å². The molecule has 0 amide bonds. The van der Waals surface area contributed by atoms with E-state index in [9.17, 15) is 8.42 Å². The standard InChI is InChI=1S/C9H21N3O2S/c1-8(2)7-11-15(13,14)12-5-3-9(10)4-6-12/h8-9,11H,3-7,10H2,1-2H3. The molecule has 1 heterocycles. The van der Waals surface area contributed by atoms with Crippen LogP contribution in [0.2, 0.25) is 0 Å². The van der Waals surface area contributed by atoms with Gasteiger partial charge in [-0.05, 0) is 18.8 Å². The molecule has 0 saturated carbocycles. The average Bonchev–Trinajstić information content (AvgIpc) is 2.16. The SMILES string of the molecule is CC(C)CNS(=O)(=O)N1CCC(N)CC1. The summed E-state index contributed by atoms with van der Waals surface area (Å²) in [5, 5.41) is 0. The normalized spacial score (nSPS) is 21.1. The van der Waals surface area contributed by atoms with Gasteiger partial charge in [0.25, 0.3) is 10.2 Å². The van der Waals surface area contributed by atoms with Crippen LogP contribution in [0.25, 0.3) is 0 Å². The van der Waals surface area contributed by atoms with Crippen LogP contribution in [0.1, 0.15) is 26.7 Å². The third-order valence-electron chi connectivity index (χ3n) is 2.51. The molecule has 0 spiro atoms. The predicted octanol–water partition coefficient (Wildman–Crippen LogP) is -0.100. The zero-order valence-electron chi connectivity index (χ0n) is 9.44. The molecule has 0 aliphatic carbocycles. The number of hydrogen-bond acceptors (Lipinski definition) is 3. The van der Waals surface area contributed by atoms with Crippen LogP contribution in [0.4, 0.5) is 0 Å². The van der Waals surface area contributed by atoms with E-state index in [2.05, 4.69) is 4.72 Å². The Morgan fingerprint density at radius 3 is 2.40 bits per heavy atom. The van der Waals surface area contributed by atoms with Crippen molar-refractivity contribution in [3.8, 4) is 0 Å². The van der Waals surface area contributed by atoms with E-state index in [0.717, 1.165) is 12.8 Å². The molecular formula is C9H21N3O2S. The lowest BCUT2D eigenvalue weighted by Crippen LogP contribution is -2.48. The Labute approximate surface area is 92.2 Å². The molecule has 15 heavy (non-hydrogen) atoms. The van der Waals surface area contributed by atoms with E-state index in [1.165, 1.54) is 4.31 Å². The van der Waals surface area contributed by atoms with Gasteiger partial charge < -0.3 is 5.73 Å². The van der Waals surface area contributed by atoms with Gasteiger partial charge in [-0.2, -0.15) is 12.7 Å². The van der Waals surface area contributed by atoms with Crippen molar-refractivity contribution in [2.24, 2.45) is 11.7 Å². The lowest BCUT2D eigenvalue weighted by Gasteiger charge is -2.29. The summed E-state index contributed by atoms with van der Waals surface area (Å²) in [7, 11) is -3.27. The lowest BCUT2D eigenvalue weighted by molar-refractivity contribution is 0.315. The van der Waals surface area contributed by atoms with Crippen molar-refractivity contribution in [3.05, 3.63) is 0 Å². The Morgan fingerprint density at radius 1 is 1.40 bits per heavy atom. The summed E-state index contributed by atoms with van der Waals surface area (Å²) in [5.74, 6) is 0.326. The smallest absolute Gasteiger partial charge is 0.279 e. The van der Waals surface area contributed by atoms with Crippen LogP contribution in [0, 0.1) is 5.92 Å². The zero-order chi connectivity index (χ0) is 11.5. The molecule has 0 bridgehead atoms. The van der Waals surface area contributed by atoms with Crippen molar-refractivity contribution >= 4 is 10.2 Å². The van der Waals surface area contributed by atoms with Gasteiger partial charge >= 0.3 is 0 Å². The quantitative estimate of drug-likeness (QED) is 0.714. The monoisotopic (exact) mass is 235 g/mol. The topological polar surface area (TPSA) is 75.4 Å². The van der Waals surface area contributed by atoms with Crippen LogP contribution < -0.4 is 10.5 Å². The van der Waals surface area contributed by atoms with Gasteiger partial charge in [0.05, 0.1) is 0 Å². The fraction of sp³-hybridized carbons (Fsp3) is 1.00. The Hall–Kier alpha value is -0.170. The summed E-state index contributed by atoms with van der Waals surface area (Å²) in [6, 6.07) is 0.154. The van der Waals surface area contributed by atoms with Crippen molar-refractivity contribution < 1.29 is 8.42 Å². The van der Waals surface area contributed by atoms with E-state index < -0.39 is 10.2 Å². The molecule has 0 atom stereocenters. The fourth-order valence-corrected chi connectivity index (χ4v) is 2.90. The maximum atomic E-state index is 11.8. The Balaban J connectivity index is 2.47. The van der Waals surface area contributed by atoms with Crippen molar-refractivity contribution in [3.63, 3.8) is 0 Å². The maximum Gasteiger partial charge on any atom is 0.279 e. The zero-order valence-corrected chi connectivity index (χ0v) is 10.3. The molecule has 0 aromatic heterocycles. The number of hydrogen-bond donors (Lipinski definition) is 2. The molecular weight excluding hydrogens is 214 g/mol. The number of nitrogens with zero attached hydrogens (tertiary/aromatic N) is 1. The highest BCUT2D eigenvalue weighted by atomic mass is 32.2. The molecule has 1 fully saturated rings. The molecule has 5 nitrogen and oxygen atoms in total. The lowest BCUT2D eigenvalue weighted by atomic mass is 10.1. The summed E-state index contributed by atoms with van der Waals surface area (Å²) in [4.78, 5) is 0. The summed E-state index contributed by atoms with van der Waals surface area (Å²) in [6.07, 6.45) is 1.51. The van der Waals surface area contributed by atoms with Crippen molar-refractivity contribution in [2.75, 3.05) is 19.6 Å². The molecule has 0 aromatic carbocycles. The van der Waals surface area contributed by atoms with Crippen LogP contribution in [0.15, 0.2) is 0 Å². The first-order valence-electron chi connectivity index (χ1n) is 5.42. The second-order valence-electron chi connectivity index (χ2n) is 4.48. The van der Waals surface area contributed by atoms with E-state index in [0.29, 0.717) is 25.6 Å². The van der Waals surface area contributed by atoms with Gasteiger partial charge in [0.15, 0.2) is 0 Å². The fourth-order valence-electron chi connectivity index (χ4n) is 1.48. The largest absolute Gasteiger partial charge is 0.328 e. The minimum Gasteiger partial charge on any atom is -0.328 e. The van der Waals surface area contributed by atoms with Crippen molar-refractivity contribution in [1.29, 1.82) is 0 Å².